The minimum absolute atomic E-state index is 0.0202. The van der Waals surface area contributed by atoms with Gasteiger partial charge in [0.2, 0.25) is 10.0 Å². The number of nitrogens with zero attached hydrogens (tertiary/aromatic N) is 1. The third-order valence-corrected chi connectivity index (χ3v) is 5.46. The van der Waals surface area contributed by atoms with Crippen LogP contribution in [0.5, 0.6) is 0 Å². The van der Waals surface area contributed by atoms with E-state index in [0.717, 1.165) is 38.2 Å². The van der Waals surface area contributed by atoms with Crippen LogP contribution in [0.1, 0.15) is 6.42 Å². The fraction of sp³-hybridized carbons (Fsp3) is 0.571. The van der Waals surface area contributed by atoms with E-state index in [9.17, 15) is 12.8 Å². The second-order valence-corrected chi connectivity index (χ2v) is 7.55. The highest BCUT2D eigenvalue weighted by Gasteiger charge is 2.24. The molecular formula is C14H20ClFN2O3S. The number of nitrogens with one attached hydrogen (secondary N) is 1. The maximum Gasteiger partial charge on any atom is 0.240 e. The lowest BCUT2D eigenvalue weighted by molar-refractivity contribution is 0.159. The van der Waals surface area contributed by atoms with Gasteiger partial charge in [-0.3, -0.25) is 0 Å². The second-order valence-electron chi connectivity index (χ2n) is 5.38. The number of benzene rings is 1. The second kappa shape index (κ2) is 7.70. The van der Waals surface area contributed by atoms with Gasteiger partial charge in [-0.1, -0.05) is 11.6 Å². The number of hydrogen-bond donors (Lipinski definition) is 1. The van der Waals surface area contributed by atoms with Gasteiger partial charge in [-0.05, 0) is 37.1 Å². The van der Waals surface area contributed by atoms with Gasteiger partial charge in [-0.2, -0.15) is 0 Å². The number of hydrogen-bond acceptors (Lipinski definition) is 4. The first-order valence-corrected chi connectivity index (χ1v) is 8.94. The highest BCUT2D eigenvalue weighted by molar-refractivity contribution is 7.89. The number of ether oxygens (including phenoxy) is 1. The van der Waals surface area contributed by atoms with E-state index in [2.05, 4.69) is 9.62 Å². The third-order valence-electron chi connectivity index (χ3n) is 3.75. The Balaban J connectivity index is 1.89. The molecule has 0 saturated carbocycles. The first kappa shape index (κ1) is 17.6. The van der Waals surface area contributed by atoms with Gasteiger partial charge in [0, 0.05) is 26.7 Å². The Morgan fingerprint density at radius 3 is 2.95 bits per heavy atom. The van der Waals surface area contributed by atoms with E-state index in [1.807, 2.05) is 0 Å². The van der Waals surface area contributed by atoms with Crippen molar-refractivity contribution in [2.45, 2.75) is 11.3 Å². The monoisotopic (exact) mass is 350 g/mol. The Morgan fingerprint density at radius 2 is 2.27 bits per heavy atom. The standard InChI is InChI=1S/C14H20ClFN2O3S/c1-21-7-6-18-5-4-11(10-18)9-17-22(19,20)12-2-3-14(16)13(15)8-12/h2-3,8,11,17H,4-7,9-10H2,1H3. The quantitative estimate of drug-likeness (QED) is 0.813. The van der Waals surface area contributed by atoms with Crippen LogP contribution < -0.4 is 4.72 Å². The lowest BCUT2D eigenvalue weighted by Gasteiger charge is -2.15. The molecule has 1 aromatic rings. The van der Waals surface area contributed by atoms with Gasteiger partial charge in [0.25, 0.3) is 0 Å². The molecule has 0 aliphatic carbocycles. The average molecular weight is 351 g/mol. The molecule has 5 nitrogen and oxygen atoms in total. The van der Waals surface area contributed by atoms with Gasteiger partial charge in [-0.25, -0.2) is 17.5 Å². The molecule has 1 atom stereocenters. The van der Waals surface area contributed by atoms with Crippen LogP contribution in [0.3, 0.4) is 0 Å². The Hall–Kier alpha value is -0.730. The lowest BCUT2D eigenvalue weighted by atomic mass is 10.1. The Bertz CT molecular complexity index is 612. The summed E-state index contributed by atoms with van der Waals surface area (Å²) in [6.45, 7) is 3.68. The number of sulfonamides is 1. The Labute approximate surface area is 135 Å². The van der Waals surface area contributed by atoms with E-state index in [4.69, 9.17) is 16.3 Å². The summed E-state index contributed by atoms with van der Waals surface area (Å²) in [5.74, 6) is -0.368. The smallest absolute Gasteiger partial charge is 0.240 e. The van der Waals surface area contributed by atoms with Crippen molar-refractivity contribution in [1.29, 1.82) is 0 Å². The largest absolute Gasteiger partial charge is 0.383 e. The van der Waals surface area contributed by atoms with E-state index in [0.29, 0.717) is 13.2 Å². The van der Waals surface area contributed by atoms with Crippen LogP contribution in [0, 0.1) is 11.7 Å². The molecule has 8 heteroatoms. The van der Waals surface area contributed by atoms with Crippen LogP contribution >= 0.6 is 11.6 Å². The fourth-order valence-corrected chi connectivity index (χ4v) is 3.85. The molecule has 0 aromatic heterocycles. The van der Waals surface area contributed by atoms with E-state index < -0.39 is 15.8 Å². The average Bonchev–Trinajstić information content (AvgIpc) is 2.94. The SMILES string of the molecule is COCCN1CCC(CNS(=O)(=O)c2ccc(F)c(Cl)c2)C1. The Kier molecular flexibility index (Phi) is 6.17. The van der Waals surface area contributed by atoms with Crippen molar-refractivity contribution in [1.82, 2.24) is 9.62 Å². The van der Waals surface area contributed by atoms with Crippen LogP contribution in [0.15, 0.2) is 23.1 Å². The topological polar surface area (TPSA) is 58.6 Å². The van der Waals surface area contributed by atoms with Gasteiger partial charge < -0.3 is 9.64 Å². The van der Waals surface area contributed by atoms with Crippen molar-refractivity contribution in [3.63, 3.8) is 0 Å². The predicted molar refractivity (Wildman–Crippen MR) is 83.0 cm³/mol. The lowest BCUT2D eigenvalue weighted by Crippen LogP contribution is -2.31. The van der Waals surface area contributed by atoms with Gasteiger partial charge in [-0.15, -0.1) is 0 Å². The van der Waals surface area contributed by atoms with Crippen molar-refractivity contribution in [3.05, 3.63) is 29.0 Å². The van der Waals surface area contributed by atoms with Crippen molar-refractivity contribution >= 4 is 21.6 Å². The Morgan fingerprint density at radius 1 is 1.50 bits per heavy atom. The molecule has 1 fully saturated rings. The molecule has 124 valence electrons. The van der Waals surface area contributed by atoms with Gasteiger partial charge in [0.05, 0.1) is 16.5 Å². The van der Waals surface area contributed by atoms with Crippen molar-refractivity contribution in [2.75, 3.05) is 39.9 Å². The highest BCUT2D eigenvalue weighted by Crippen LogP contribution is 2.20. The fourth-order valence-electron chi connectivity index (χ4n) is 2.46. The molecule has 0 bridgehead atoms. The third kappa shape index (κ3) is 4.63. The maximum absolute atomic E-state index is 13.1. The zero-order valence-electron chi connectivity index (χ0n) is 12.4. The zero-order chi connectivity index (χ0) is 16.2. The number of rotatable bonds is 7. The highest BCUT2D eigenvalue weighted by atomic mass is 35.5. The van der Waals surface area contributed by atoms with Crippen LogP contribution in [-0.2, 0) is 14.8 Å². The first-order chi connectivity index (χ1) is 10.4. The molecule has 0 spiro atoms. The minimum atomic E-state index is -3.67. The summed E-state index contributed by atoms with van der Waals surface area (Å²) in [6, 6.07) is 3.39. The van der Waals surface area contributed by atoms with Crippen molar-refractivity contribution < 1.29 is 17.5 Å². The molecule has 0 amide bonds. The van der Waals surface area contributed by atoms with Gasteiger partial charge in [0.1, 0.15) is 5.82 Å². The summed E-state index contributed by atoms with van der Waals surface area (Å²) in [6.07, 6.45) is 0.941. The van der Waals surface area contributed by atoms with Crippen LogP contribution in [0.4, 0.5) is 4.39 Å². The summed E-state index contributed by atoms with van der Waals surface area (Å²) < 4.78 is 45.1. The summed E-state index contributed by atoms with van der Waals surface area (Å²) in [5, 5.41) is -0.200. The van der Waals surface area contributed by atoms with E-state index >= 15 is 0 Å². The molecule has 2 rings (SSSR count). The summed E-state index contributed by atoms with van der Waals surface area (Å²) >= 11 is 5.63. The van der Waals surface area contributed by atoms with Crippen molar-refractivity contribution in [3.8, 4) is 0 Å². The summed E-state index contributed by atoms with van der Waals surface area (Å²) in [4.78, 5) is 2.23. The zero-order valence-corrected chi connectivity index (χ0v) is 14.0. The molecule has 1 N–H and O–H groups in total. The first-order valence-electron chi connectivity index (χ1n) is 7.08. The molecule has 1 heterocycles. The molecule has 1 unspecified atom stereocenters. The summed E-state index contributed by atoms with van der Waals surface area (Å²) in [7, 11) is -2.00. The molecular weight excluding hydrogens is 331 g/mol. The summed E-state index contributed by atoms with van der Waals surface area (Å²) in [5.41, 5.74) is 0. The minimum Gasteiger partial charge on any atom is -0.383 e. The number of halogens is 2. The van der Waals surface area contributed by atoms with E-state index in [1.165, 1.54) is 6.07 Å². The molecule has 1 aliphatic rings. The number of methoxy groups -OCH3 is 1. The predicted octanol–water partition coefficient (Wildman–Crippen LogP) is 1.73. The van der Waals surface area contributed by atoms with Crippen molar-refractivity contribution in [2.24, 2.45) is 5.92 Å². The normalized spacial score (nSPS) is 19.7. The molecule has 0 radical (unpaired) electrons. The van der Waals surface area contributed by atoms with Crippen LogP contribution in [-0.4, -0.2) is 53.2 Å². The molecule has 22 heavy (non-hydrogen) atoms. The molecule has 1 saturated heterocycles. The van der Waals surface area contributed by atoms with E-state index in [-0.39, 0.29) is 15.8 Å². The van der Waals surface area contributed by atoms with Crippen LogP contribution in [0.25, 0.3) is 0 Å². The van der Waals surface area contributed by atoms with Gasteiger partial charge in [0.15, 0.2) is 0 Å². The van der Waals surface area contributed by atoms with Gasteiger partial charge >= 0.3 is 0 Å². The number of likely N-dealkylation sites (tertiary alicyclic amines) is 1. The molecule has 1 aliphatic heterocycles. The maximum atomic E-state index is 13.1. The van der Waals surface area contributed by atoms with E-state index in [1.54, 1.807) is 7.11 Å². The van der Waals surface area contributed by atoms with Crippen LogP contribution in [0.2, 0.25) is 5.02 Å². The molecule has 1 aromatic carbocycles.